The van der Waals surface area contributed by atoms with Crippen molar-refractivity contribution in [2.45, 2.75) is 13.1 Å². The minimum atomic E-state index is -0.0766. The monoisotopic (exact) mass is 594 g/mol. The number of amides is 1. The number of amidine groups is 1. The highest BCUT2D eigenvalue weighted by Crippen LogP contribution is 2.38. The van der Waals surface area contributed by atoms with Crippen molar-refractivity contribution in [2.24, 2.45) is 4.99 Å². The van der Waals surface area contributed by atoms with Gasteiger partial charge in [-0.15, -0.1) is 6.42 Å². The predicted molar refractivity (Wildman–Crippen MR) is 150 cm³/mol. The smallest absolute Gasteiger partial charge is 0.267 e. The zero-order valence-electron chi connectivity index (χ0n) is 19.1. The molecule has 0 atom stereocenters. The summed E-state index contributed by atoms with van der Waals surface area (Å²) >= 11 is 3.56. The molecule has 7 heteroatoms. The van der Waals surface area contributed by atoms with E-state index in [1.807, 2.05) is 78.9 Å². The van der Waals surface area contributed by atoms with Crippen LogP contribution in [0.1, 0.15) is 16.7 Å². The molecule has 0 radical (unpaired) electrons. The molecule has 1 heterocycles. The van der Waals surface area contributed by atoms with Gasteiger partial charge in [-0.1, -0.05) is 66.6 Å². The predicted octanol–water partition coefficient (Wildman–Crippen LogP) is 5.98. The van der Waals surface area contributed by atoms with Crippen molar-refractivity contribution in [2.75, 3.05) is 13.7 Å². The fourth-order valence-electron chi connectivity index (χ4n) is 3.50. The lowest BCUT2D eigenvalue weighted by atomic mass is 10.1. The van der Waals surface area contributed by atoms with Crippen LogP contribution in [0.2, 0.25) is 0 Å². The van der Waals surface area contributed by atoms with Gasteiger partial charge >= 0.3 is 0 Å². The van der Waals surface area contributed by atoms with Crippen LogP contribution in [0.4, 0.5) is 0 Å². The Balaban J connectivity index is 1.65. The summed E-state index contributed by atoms with van der Waals surface area (Å²) in [4.78, 5) is 20.6. The Hall–Kier alpha value is -3.22. The maximum atomic E-state index is 13.5. The molecule has 1 amide bonds. The van der Waals surface area contributed by atoms with E-state index in [-0.39, 0.29) is 12.5 Å². The van der Waals surface area contributed by atoms with E-state index in [9.17, 15) is 4.79 Å². The van der Waals surface area contributed by atoms with Crippen LogP contribution in [-0.4, -0.2) is 29.7 Å². The SMILES string of the molecule is C#CCOc1c(I)cc(/C=C2\SC(=NCc3ccccc3)N(Cc3ccccc3)C2=O)cc1OC. The Bertz CT molecular complexity index is 1300. The summed E-state index contributed by atoms with van der Waals surface area (Å²) in [5.74, 6) is 3.55. The molecule has 1 saturated heterocycles. The van der Waals surface area contributed by atoms with Gasteiger partial charge < -0.3 is 9.47 Å². The van der Waals surface area contributed by atoms with Crippen molar-refractivity contribution in [3.63, 3.8) is 0 Å². The second-order valence-corrected chi connectivity index (χ2v) is 9.77. The molecule has 0 aliphatic carbocycles. The van der Waals surface area contributed by atoms with Crippen molar-refractivity contribution in [1.82, 2.24) is 4.90 Å². The van der Waals surface area contributed by atoms with Crippen LogP contribution in [-0.2, 0) is 17.9 Å². The van der Waals surface area contributed by atoms with Crippen LogP contribution in [0.5, 0.6) is 11.5 Å². The molecule has 35 heavy (non-hydrogen) atoms. The van der Waals surface area contributed by atoms with Crippen molar-refractivity contribution in [3.8, 4) is 23.8 Å². The van der Waals surface area contributed by atoms with E-state index in [2.05, 4.69) is 28.5 Å². The number of hydrogen-bond acceptors (Lipinski definition) is 5. The average Bonchev–Trinajstić information content (AvgIpc) is 3.17. The van der Waals surface area contributed by atoms with Crippen LogP contribution < -0.4 is 9.47 Å². The van der Waals surface area contributed by atoms with Gasteiger partial charge in [0.2, 0.25) is 0 Å². The fraction of sp³-hybridized carbons (Fsp3) is 0.143. The molecule has 3 aromatic rings. The molecule has 0 unspecified atom stereocenters. The minimum absolute atomic E-state index is 0.0766. The van der Waals surface area contributed by atoms with E-state index in [1.54, 1.807) is 12.0 Å². The van der Waals surface area contributed by atoms with Gasteiger partial charge in [0.1, 0.15) is 6.61 Å². The van der Waals surface area contributed by atoms with E-state index in [1.165, 1.54) is 11.8 Å². The van der Waals surface area contributed by atoms with Gasteiger partial charge in [0.25, 0.3) is 5.91 Å². The van der Waals surface area contributed by atoms with Crippen LogP contribution in [0, 0.1) is 15.9 Å². The number of hydrogen-bond donors (Lipinski definition) is 0. The molecule has 0 N–H and O–H groups in total. The molecule has 176 valence electrons. The van der Waals surface area contributed by atoms with Gasteiger partial charge in [0.15, 0.2) is 16.7 Å². The first-order chi connectivity index (χ1) is 17.1. The number of carbonyl (C=O) groups excluding carboxylic acids is 1. The lowest BCUT2D eigenvalue weighted by molar-refractivity contribution is -0.122. The van der Waals surface area contributed by atoms with Gasteiger partial charge in [0, 0.05) is 0 Å². The third kappa shape index (κ3) is 6.27. The topological polar surface area (TPSA) is 51.1 Å². The molecule has 3 aromatic carbocycles. The standard InChI is InChI=1S/C28H23IN2O3S/c1-3-14-34-26-23(29)15-22(16-24(26)33-2)17-25-27(32)31(19-21-12-8-5-9-13-21)28(35-25)30-18-20-10-6-4-7-11-20/h1,4-13,15-17H,14,18-19H2,2H3/b25-17-,30-28?. The third-order valence-electron chi connectivity index (χ3n) is 5.16. The lowest BCUT2D eigenvalue weighted by Crippen LogP contribution is -2.28. The number of methoxy groups -OCH3 is 1. The Morgan fingerprint density at radius 3 is 2.43 bits per heavy atom. The van der Waals surface area contributed by atoms with E-state index >= 15 is 0 Å². The number of rotatable bonds is 8. The zero-order valence-corrected chi connectivity index (χ0v) is 22.1. The summed E-state index contributed by atoms with van der Waals surface area (Å²) < 4.78 is 12.0. The first kappa shape index (κ1) is 24.9. The van der Waals surface area contributed by atoms with Crippen molar-refractivity contribution in [3.05, 3.63) is 98.0 Å². The fourth-order valence-corrected chi connectivity index (χ4v) is 5.26. The molecular formula is C28H23IN2O3S. The second-order valence-electron chi connectivity index (χ2n) is 7.60. The number of nitrogens with zero attached hydrogens (tertiary/aromatic N) is 2. The average molecular weight is 594 g/mol. The number of carbonyl (C=O) groups is 1. The Morgan fingerprint density at radius 1 is 1.09 bits per heavy atom. The summed E-state index contributed by atoms with van der Waals surface area (Å²) in [6.45, 7) is 1.11. The van der Waals surface area contributed by atoms with Gasteiger partial charge in [-0.25, -0.2) is 0 Å². The number of thioether (sulfide) groups is 1. The second kappa shape index (κ2) is 12.0. The lowest BCUT2D eigenvalue weighted by Gasteiger charge is -2.15. The zero-order chi connectivity index (χ0) is 24.6. The van der Waals surface area contributed by atoms with E-state index < -0.39 is 0 Å². The molecule has 0 aromatic heterocycles. The van der Waals surface area contributed by atoms with E-state index in [0.717, 1.165) is 20.3 Å². The molecule has 0 saturated carbocycles. The molecule has 4 rings (SSSR count). The third-order valence-corrected chi connectivity index (χ3v) is 7.01. The largest absolute Gasteiger partial charge is 0.493 e. The summed E-state index contributed by atoms with van der Waals surface area (Å²) in [7, 11) is 1.58. The van der Waals surface area contributed by atoms with Crippen molar-refractivity contribution >= 4 is 51.5 Å². The number of halogens is 1. The Labute approximate surface area is 223 Å². The Morgan fingerprint density at radius 2 is 1.77 bits per heavy atom. The quantitative estimate of drug-likeness (QED) is 0.183. The highest BCUT2D eigenvalue weighted by Gasteiger charge is 2.33. The molecule has 1 aliphatic rings. The number of aliphatic imine (C=N–C) groups is 1. The number of benzene rings is 3. The van der Waals surface area contributed by atoms with E-state index in [4.69, 9.17) is 20.9 Å². The van der Waals surface area contributed by atoms with Gasteiger partial charge in [-0.2, -0.15) is 0 Å². The van der Waals surface area contributed by atoms with Crippen LogP contribution >= 0.6 is 34.4 Å². The summed E-state index contributed by atoms with van der Waals surface area (Å²) in [5, 5.41) is 0.685. The maximum Gasteiger partial charge on any atom is 0.267 e. The molecule has 1 aliphatic heterocycles. The first-order valence-corrected chi connectivity index (χ1v) is 12.8. The van der Waals surface area contributed by atoms with Gasteiger partial charge in [0.05, 0.1) is 28.7 Å². The van der Waals surface area contributed by atoms with Crippen LogP contribution in [0.3, 0.4) is 0 Å². The highest BCUT2D eigenvalue weighted by atomic mass is 127. The van der Waals surface area contributed by atoms with Gasteiger partial charge in [-0.3, -0.25) is 14.7 Å². The molecule has 0 spiro atoms. The normalized spacial score (nSPS) is 15.5. The molecular weight excluding hydrogens is 571 g/mol. The number of terminal acetylenes is 1. The summed E-state index contributed by atoms with van der Waals surface area (Å²) in [6.07, 6.45) is 7.20. The molecule has 0 bridgehead atoms. The van der Waals surface area contributed by atoms with Crippen LogP contribution in [0.25, 0.3) is 6.08 Å². The first-order valence-electron chi connectivity index (χ1n) is 10.9. The molecule has 5 nitrogen and oxygen atoms in total. The summed E-state index contributed by atoms with van der Waals surface area (Å²) in [5.41, 5.74) is 2.97. The molecule has 1 fully saturated rings. The number of ether oxygens (including phenoxy) is 2. The van der Waals surface area contributed by atoms with Crippen molar-refractivity contribution < 1.29 is 14.3 Å². The maximum absolute atomic E-state index is 13.5. The van der Waals surface area contributed by atoms with Gasteiger partial charge in [-0.05, 0) is 69.3 Å². The van der Waals surface area contributed by atoms with Crippen molar-refractivity contribution in [1.29, 1.82) is 0 Å². The highest BCUT2D eigenvalue weighted by molar-refractivity contribution is 14.1. The Kier molecular flexibility index (Phi) is 8.50. The minimum Gasteiger partial charge on any atom is -0.493 e. The van der Waals surface area contributed by atoms with E-state index in [0.29, 0.717) is 34.7 Å². The summed E-state index contributed by atoms with van der Waals surface area (Å²) in [6, 6.07) is 23.7. The van der Waals surface area contributed by atoms with Crippen LogP contribution in [0.15, 0.2) is 82.7 Å².